The third-order valence-corrected chi connectivity index (χ3v) is 2.97. The molecule has 0 bridgehead atoms. The number of carbonyl (C=O) groups excluding carboxylic acids is 2. The van der Waals surface area contributed by atoms with Gasteiger partial charge in [0.25, 0.3) is 0 Å². The molecule has 0 aliphatic heterocycles. The van der Waals surface area contributed by atoms with Gasteiger partial charge >= 0.3 is 0 Å². The number of hydrogen-bond acceptors (Lipinski definition) is 3. The molecule has 0 heterocycles. The Morgan fingerprint density at radius 3 is 2.57 bits per heavy atom. The Morgan fingerprint density at radius 1 is 1.24 bits per heavy atom. The maximum Gasteiger partial charge on any atom is 0.238 e. The zero-order valence-corrected chi connectivity index (χ0v) is 11.7. The molecule has 114 valence electrons. The zero-order chi connectivity index (χ0) is 15.4. The van der Waals surface area contributed by atoms with Crippen LogP contribution in [-0.2, 0) is 9.59 Å². The van der Waals surface area contributed by atoms with Gasteiger partial charge in [0, 0.05) is 12.1 Å². The highest BCUT2D eigenvalue weighted by Crippen LogP contribution is 2.18. The van der Waals surface area contributed by atoms with E-state index in [1.165, 1.54) is 4.90 Å². The van der Waals surface area contributed by atoms with E-state index in [0.29, 0.717) is 0 Å². The molecule has 0 saturated heterocycles. The predicted octanol–water partition coefficient (Wildman–Crippen LogP) is 1.11. The van der Waals surface area contributed by atoms with Gasteiger partial charge in [0.15, 0.2) is 0 Å². The van der Waals surface area contributed by atoms with Gasteiger partial charge < -0.3 is 10.6 Å². The molecule has 1 aromatic rings. The van der Waals surface area contributed by atoms with Gasteiger partial charge in [0.1, 0.15) is 11.6 Å². The summed E-state index contributed by atoms with van der Waals surface area (Å²) in [4.78, 5) is 24.8. The number of likely N-dealkylation sites (N-methyl/N-ethyl adjacent to an activating group) is 1. The van der Waals surface area contributed by atoms with Gasteiger partial charge in [-0.3, -0.25) is 14.5 Å². The maximum absolute atomic E-state index is 13.4. The minimum atomic E-state index is -0.709. The number of anilines is 1. The molecule has 2 N–H and O–H groups in total. The maximum atomic E-state index is 13.4. The fraction of sp³-hybridized carbons (Fsp3) is 0.429. The highest BCUT2D eigenvalue weighted by atomic mass is 19.1. The van der Waals surface area contributed by atoms with E-state index in [2.05, 4.69) is 10.6 Å². The van der Waals surface area contributed by atoms with Crippen LogP contribution in [0.2, 0.25) is 0 Å². The second-order valence-corrected chi connectivity index (χ2v) is 5.19. The molecule has 7 heteroatoms. The van der Waals surface area contributed by atoms with E-state index in [1.54, 1.807) is 7.05 Å². The van der Waals surface area contributed by atoms with Crippen molar-refractivity contribution in [1.29, 1.82) is 0 Å². The number of halogens is 2. The lowest BCUT2D eigenvalue weighted by Crippen LogP contribution is -2.39. The van der Waals surface area contributed by atoms with Gasteiger partial charge in [-0.2, -0.15) is 0 Å². The van der Waals surface area contributed by atoms with Crippen molar-refractivity contribution in [3.63, 3.8) is 0 Å². The summed E-state index contributed by atoms with van der Waals surface area (Å²) in [5.74, 6) is -2.01. The van der Waals surface area contributed by atoms with Crippen molar-refractivity contribution in [2.75, 3.05) is 25.5 Å². The Balaban J connectivity index is 1.80. The van der Waals surface area contributed by atoms with Crippen molar-refractivity contribution < 1.29 is 18.4 Å². The zero-order valence-electron chi connectivity index (χ0n) is 11.7. The van der Waals surface area contributed by atoms with Crippen LogP contribution in [0, 0.1) is 11.6 Å². The van der Waals surface area contributed by atoms with Gasteiger partial charge in [-0.05, 0) is 32.0 Å². The highest BCUT2D eigenvalue weighted by molar-refractivity contribution is 5.92. The van der Waals surface area contributed by atoms with Crippen molar-refractivity contribution in [2.24, 2.45) is 0 Å². The number of amides is 2. The Hall–Kier alpha value is -2.02. The van der Waals surface area contributed by atoms with Crippen LogP contribution in [-0.4, -0.2) is 42.9 Å². The summed E-state index contributed by atoms with van der Waals surface area (Å²) in [6, 6.07) is 3.09. The minimum Gasteiger partial charge on any atom is -0.352 e. The lowest BCUT2D eigenvalue weighted by molar-refractivity contribution is -0.123. The first-order chi connectivity index (χ1) is 9.94. The molecule has 2 rings (SSSR count). The summed E-state index contributed by atoms with van der Waals surface area (Å²) in [7, 11) is 1.61. The number of nitrogens with zero attached hydrogens (tertiary/aromatic N) is 1. The van der Waals surface area contributed by atoms with Crippen LogP contribution in [0.15, 0.2) is 18.2 Å². The molecule has 5 nitrogen and oxygen atoms in total. The standard InChI is InChI=1S/C14H17F2N3O2/c1-19(7-13(20)17-10-3-4-10)8-14(21)18-12-6-9(15)2-5-11(12)16/h2,5-6,10H,3-4,7-8H2,1H3,(H,17,20)(H,18,21). The molecule has 2 amide bonds. The molecule has 1 aliphatic carbocycles. The molecule has 0 aromatic heterocycles. The first-order valence-corrected chi connectivity index (χ1v) is 6.67. The Kier molecular flexibility index (Phi) is 4.85. The first kappa shape index (κ1) is 15.4. The Labute approximate surface area is 121 Å². The van der Waals surface area contributed by atoms with Crippen molar-refractivity contribution in [2.45, 2.75) is 18.9 Å². The summed E-state index contributed by atoms with van der Waals surface area (Å²) in [6.07, 6.45) is 1.99. The minimum absolute atomic E-state index is 0.0789. The van der Waals surface area contributed by atoms with Crippen LogP contribution >= 0.6 is 0 Å². The smallest absolute Gasteiger partial charge is 0.238 e. The van der Waals surface area contributed by atoms with Crippen LogP contribution in [0.1, 0.15) is 12.8 Å². The van der Waals surface area contributed by atoms with Gasteiger partial charge in [0.2, 0.25) is 11.8 Å². The van der Waals surface area contributed by atoms with Crippen molar-refractivity contribution in [1.82, 2.24) is 10.2 Å². The summed E-state index contributed by atoms with van der Waals surface area (Å²) in [5, 5.41) is 5.08. The van der Waals surface area contributed by atoms with Crippen LogP contribution in [0.4, 0.5) is 14.5 Å². The lowest BCUT2D eigenvalue weighted by atomic mass is 10.3. The summed E-state index contributed by atoms with van der Waals surface area (Å²) in [6.45, 7) is -0.0103. The van der Waals surface area contributed by atoms with E-state index in [4.69, 9.17) is 0 Å². The third-order valence-electron chi connectivity index (χ3n) is 2.97. The van der Waals surface area contributed by atoms with Gasteiger partial charge in [-0.15, -0.1) is 0 Å². The topological polar surface area (TPSA) is 61.4 Å². The molecule has 0 atom stereocenters. The van der Waals surface area contributed by atoms with E-state index in [1.807, 2.05) is 0 Å². The summed E-state index contributed by atoms with van der Waals surface area (Å²) >= 11 is 0. The van der Waals surface area contributed by atoms with E-state index >= 15 is 0 Å². The lowest BCUT2D eigenvalue weighted by Gasteiger charge is -2.16. The molecular weight excluding hydrogens is 280 g/mol. The SMILES string of the molecule is CN(CC(=O)Nc1cc(F)ccc1F)CC(=O)NC1CC1. The molecular formula is C14H17F2N3O2. The summed E-state index contributed by atoms with van der Waals surface area (Å²) in [5.41, 5.74) is -0.212. The average molecular weight is 297 g/mol. The number of rotatable bonds is 6. The van der Waals surface area contributed by atoms with Gasteiger partial charge in [0.05, 0.1) is 18.8 Å². The predicted molar refractivity (Wildman–Crippen MR) is 73.6 cm³/mol. The summed E-state index contributed by atoms with van der Waals surface area (Å²) < 4.78 is 26.3. The molecule has 1 fully saturated rings. The molecule has 0 radical (unpaired) electrons. The Bertz CT molecular complexity index is 547. The number of nitrogens with one attached hydrogen (secondary N) is 2. The van der Waals surface area contributed by atoms with Crippen LogP contribution in [0.5, 0.6) is 0 Å². The quantitative estimate of drug-likeness (QED) is 0.827. The van der Waals surface area contributed by atoms with Crippen LogP contribution in [0.3, 0.4) is 0 Å². The van der Waals surface area contributed by atoms with Gasteiger partial charge in [-0.1, -0.05) is 0 Å². The molecule has 1 aromatic carbocycles. The second kappa shape index (κ2) is 6.62. The normalized spacial score (nSPS) is 14.1. The molecule has 1 aliphatic rings. The molecule has 0 unspecified atom stereocenters. The van der Waals surface area contributed by atoms with Crippen molar-refractivity contribution in [3.8, 4) is 0 Å². The molecule has 1 saturated carbocycles. The number of carbonyl (C=O) groups is 2. The van der Waals surface area contributed by atoms with E-state index < -0.39 is 17.5 Å². The second-order valence-electron chi connectivity index (χ2n) is 5.19. The largest absolute Gasteiger partial charge is 0.352 e. The van der Waals surface area contributed by atoms with Crippen molar-refractivity contribution >= 4 is 17.5 Å². The van der Waals surface area contributed by atoms with Gasteiger partial charge in [-0.25, -0.2) is 8.78 Å². The fourth-order valence-electron chi connectivity index (χ4n) is 1.83. The van der Waals surface area contributed by atoms with E-state index in [9.17, 15) is 18.4 Å². The number of benzene rings is 1. The first-order valence-electron chi connectivity index (χ1n) is 6.67. The molecule has 0 spiro atoms. The van der Waals surface area contributed by atoms with E-state index in [0.717, 1.165) is 31.0 Å². The number of hydrogen-bond donors (Lipinski definition) is 2. The fourth-order valence-corrected chi connectivity index (χ4v) is 1.83. The third kappa shape index (κ3) is 5.11. The van der Waals surface area contributed by atoms with Crippen molar-refractivity contribution in [3.05, 3.63) is 29.8 Å². The highest BCUT2D eigenvalue weighted by Gasteiger charge is 2.23. The Morgan fingerprint density at radius 2 is 1.90 bits per heavy atom. The monoisotopic (exact) mass is 297 g/mol. The average Bonchev–Trinajstić information content (AvgIpc) is 3.17. The van der Waals surface area contributed by atoms with E-state index in [-0.39, 0.29) is 30.7 Å². The molecule has 21 heavy (non-hydrogen) atoms. The van der Waals surface area contributed by atoms with Crippen LogP contribution in [0.25, 0.3) is 0 Å². The van der Waals surface area contributed by atoms with Crippen LogP contribution < -0.4 is 10.6 Å².